The number of thiazole rings is 1. The highest BCUT2D eigenvalue weighted by atomic mass is 35.5. The first-order valence-corrected chi connectivity index (χ1v) is 5.83. The number of aromatic nitrogens is 1. The molecule has 0 saturated carbocycles. The van der Waals surface area contributed by atoms with E-state index in [4.69, 9.17) is 11.6 Å². The number of rotatable bonds is 2. The minimum absolute atomic E-state index is 0.0371. The lowest BCUT2D eigenvalue weighted by molar-refractivity contribution is -0.129. The molecular formula is C9H11ClN2OS. The van der Waals surface area contributed by atoms with Crippen LogP contribution in [-0.4, -0.2) is 27.7 Å². The summed E-state index contributed by atoms with van der Waals surface area (Å²) in [5.74, 6) is 0.132. The molecule has 1 fully saturated rings. The maximum atomic E-state index is 11.5. The number of nitrogens with zero attached hydrogens (tertiary/aromatic N) is 2. The molecule has 1 aliphatic heterocycles. The lowest BCUT2D eigenvalue weighted by Gasteiger charge is -2.22. The fraction of sp³-hybridized carbons (Fsp3) is 0.556. The van der Waals surface area contributed by atoms with E-state index in [2.05, 4.69) is 4.98 Å². The summed E-state index contributed by atoms with van der Waals surface area (Å²) >= 11 is 7.50. The van der Waals surface area contributed by atoms with E-state index < -0.39 is 0 Å². The zero-order chi connectivity index (χ0) is 10.1. The molecule has 1 saturated heterocycles. The molecule has 0 spiro atoms. The van der Waals surface area contributed by atoms with Gasteiger partial charge in [0.05, 0.1) is 11.4 Å². The van der Waals surface area contributed by atoms with Crippen LogP contribution >= 0.6 is 22.9 Å². The highest BCUT2D eigenvalue weighted by Crippen LogP contribution is 2.28. The van der Waals surface area contributed by atoms with Crippen molar-refractivity contribution in [1.29, 1.82) is 0 Å². The van der Waals surface area contributed by atoms with Crippen molar-refractivity contribution < 1.29 is 4.79 Å². The smallest absolute Gasteiger partial charge is 0.224 e. The summed E-state index contributed by atoms with van der Waals surface area (Å²) < 4.78 is 0. The predicted octanol–water partition coefficient (Wildman–Crippen LogP) is 2.04. The molecule has 3 nitrogen and oxygen atoms in total. The molecular weight excluding hydrogens is 220 g/mol. The van der Waals surface area contributed by atoms with Crippen molar-refractivity contribution in [2.75, 3.05) is 6.54 Å². The maximum absolute atomic E-state index is 11.5. The Labute approximate surface area is 91.7 Å². The Morgan fingerprint density at radius 3 is 3.07 bits per heavy atom. The van der Waals surface area contributed by atoms with Gasteiger partial charge in [0.1, 0.15) is 5.01 Å². The lowest BCUT2D eigenvalue weighted by Crippen LogP contribution is -2.28. The van der Waals surface area contributed by atoms with Gasteiger partial charge in [-0.05, 0) is 6.92 Å². The monoisotopic (exact) mass is 230 g/mol. The van der Waals surface area contributed by atoms with Crippen LogP contribution in [0.15, 0.2) is 11.6 Å². The highest BCUT2D eigenvalue weighted by molar-refractivity contribution is 7.09. The lowest BCUT2D eigenvalue weighted by atomic mass is 10.3. The van der Waals surface area contributed by atoms with Crippen molar-refractivity contribution in [1.82, 2.24) is 9.88 Å². The summed E-state index contributed by atoms with van der Waals surface area (Å²) in [7, 11) is 0. The molecule has 1 aliphatic rings. The van der Waals surface area contributed by atoms with Crippen LogP contribution in [0.5, 0.6) is 0 Å². The largest absolute Gasteiger partial charge is 0.332 e. The van der Waals surface area contributed by atoms with E-state index in [-0.39, 0.29) is 17.3 Å². The van der Waals surface area contributed by atoms with Gasteiger partial charge in [-0.25, -0.2) is 4.98 Å². The van der Waals surface area contributed by atoms with Crippen LogP contribution in [0.25, 0.3) is 0 Å². The quantitative estimate of drug-likeness (QED) is 0.729. The Morgan fingerprint density at radius 1 is 1.79 bits per heavy atom. The van der Waals surface area contributed by atoms with Gasteiger partial charge in [-0.1, -0.05) is 0 Å². The molecule has 0 aromatic carbocycles. The van der Waals surface area contributed by atoms with Gasteiger partial charge in [-0.2, -0.15) is 0 Å². The second-order valence-corrected chi connectivity index (χ2v) is 4.94. The minimum Gasteiger partial charge on any atom is -0.332 e. The Hall–Kier alpha value is -0.610. The molecule has 0 bridgehead atoms. The summed E-state index contributed by atoms with van der Waals surface area (Å²) in [4.78, 5) is 17.5. The summed E-state index contributed by atoms with van der Waals surface area (Å²) in [6.07, 6.45) is 2.21. The standard InChI is InChI=1S/C9H11ClN2OS/c1-6(9-11-2-3-14-9)12-5-7(10)4-8(12)13/h2-3,6-7H,4-5H2,1H3. The van der Waals surface area contributed by atoms with E-state index in [0.717, 1.165) is 5.01 Å². The Morgan fingerprint density at radius 2 is 2.57 bits per heavy atom. The average molecular weight is 231 g/mol. The summed E-state index contributed by atoms with van der Waals surface area (Å²) in [5, 5.41) is 2.86. The van der Waals surface area contributed by atoms with E-state index in [1.807, 2.05) is 12.3 Å². The van der Waals surface area contributed by atoms with Gasteiger partial charge in [-0.15, -0.1) is 22.9 Å². The van der Waals surface area contributed by atoms with E-state index in [1.165, 1.54) is 0 Å². The molecule has 0 radical (unpaired) electrons. The first kappa shape index (κ1) is 9.93. The number of likely N-dealkylation sites (tertiary alicyclic amines) is 1. The van der Waals surface area contributed by atoms with Crippen LogP contribution in [0, 0.1) is 0 Å². The van der Waals surface area contributed by atoms with Gasteiger partial charge >= 0.3 is 0 Å². The molecule has 0 aliphatic carbocycles. The van der Waals surface area contributed by atoms with Crippen molar-refractivity contribution in [2.24, 2.45) is 0 Å². The van der Waals surface area contributed by atoms with Crippen LogP contribution in [-0.2, 0) is 4.79 Å². The third-order valence-corrected chi connectivity index (χ3v) is 3.63. The van der Waals surface area contributed by atoms with E-state index >= 15 is 0 Å². The zero-order valence-electron chi connectivity index (χ0n) is 7.81. The SMILES string of the molecule is CC(c1nccs1)N1CC(Cl)CC1=O. The second-order valence-electron chi connectivity index (χ2n) is 3.39. The molecule has 2 rings (SSSR count). The summed E-state index contributed by atoms with van der Waals surface area (Å²) in [5.41, 5.74) is 0. The molecule has 2 unspecified atom stereocenters. The van der Waals surface area contributed by atoms with Gasteiger partial charge in [0, 0.05) is 24.5 Å². The number of amides is 1. The van der Waals surface area contributed by atoms with Crippen molar-refractivity contribution in [2.45, 2.75) is 24.8 Å². The normalized spacial score (nSPS) is 24.3. The number of alkyl halides is 1. The first-order chi connectivity index (χ1) is 6.68. The van der Waals surface area contributed by atoms with Gasteiger partial charge in [0.25, 0.3) is 0 Å². The molecule has 2 atom stereocenters. The van der Waals surface area contributed by atoms with Gasteiger partial charge in [0.15, 0.2) is 0 Å². The number of carbonyl (C=O) groups excluding carboxylic acids is 1. The molecule has 1 aromatic heterocycles. The topological polar surface area (TPSA) is 33.2 Å². The molecule has 1 aromatic rings. The molecule has 76 valence electrons. The third kappa shape index (κ3) is 1.77. The number of halogens is 1. The van der Waals surface area contributed by atoms with Crippen LogP contribution in [0.1, 0.15) is 24.4 Å². The Balaban J connectivity index is 2.12. The molecule has 5 heteroatoms. The maximum Gasteiger partial charge on any atom is 0.224 e. The fourth-order valence-electron chi connectivity index (χ4n) is 1.63. The second kappa shape index (κ2) is 3.87. The minimum atomic E-state index is -0.0371. The number of hydrogen-bond acceptors (Lipinski definition) is 3. The number of hydrogen-bond donors (Lipinski definition) is 0. The van der Waals surface area contributed by atoms with E-state index in [0.29, 0.717) is 13.0 Å². The molecule has 2 heterocycles. The summed E-state index contributed by atoms with van der Waals surface area (Å²) in [6, 6.07) is 0.0613. The van der Waals surface area contributed by atoms with Crippen molar-refractivity contribution >= 4 is 28.8 Å². The fourth-order valence-corrected chi connectivity index (χ4v) is 2.62. The van der Waals surface area contributed by atoms with Crippen molar-refractivity contribution in [3.05, 3.63) is 16.6 Å². The Kier molecular flexibility index (Phi) is 2.74. The molecule has 14 heavy (non-hydrogen) atoms. The van der Waals surface area contributed by atoms with Crippen molar-refractivity contribution in [3.8, 4) is 0 Å². The van der Waals surface area contributed by atoms with Gasteiger partial charge in [-0.3, -0.25) is 4.79 Å². The summed E-state index contributed by atoms with van der Waals surface area (Å²) in [6.45, 7) is 2.63. The van der Waals surface area contributed by atoms with E-state index in [9.17, 15) is 4.79 Å². The third-order valence-electron chi connectivity index (χ3n) is 2.39. The van der Waals surface area contributed by atoms with Crippen LogP contribution in [0.4, 0.5) is 0 Å². The molecule has 1 amide bonds. The van der Waals surface area contributed by atoms with Gasteiger partial charge in [0.2, 0.25) is 5.91 Å². The first-order valence-electron chi connectivity index (χ1n) is 4.51. The van der Waals surface area contributed by atoms with E-state index in [1.54, 1.807) is 22.4 Å². The highest BCUT2D eigenvalue weighted by Gasteiger charge is 2.32. The Bertz CT molecular complexity index is 328. The zero-order valence-corrected chi connectivity index (χ0v) is 9.38. The van der Waals surface area contributed by atoms with Crippen LogP contribution in [0.3, 0.4) is 0 Å². The van der Waals surface area contributed by atoms with Gasteiger partial charge < -0.3 is 4.90 Å². The molecule has 0 N–H and O–H groups in total. The average Bonchev–Trinajstić information content (AvgIpc) is 2.73. The van der Waals surface area contributed by atoms with Crippen molar-refractivity contribution in [3.63, 3.8) is 0 Å². The van der Waals surface area contributed by atoms with Crippen LogP contribution in [0.2, 0.25) is 0 Å². The number of carbonyl (C=O) groups is 1. The predicted molar refractivity (Wildman–Crippen MR) is 56.5 cm³/mol. The van der Waals surface area contributed by atoms with Crippen LogP contribution < -0.4 is 0 Å².